The van der Waals surface area contributed by atoms with Crippen LogP contribution in [0.15, 0.2) is 0 Å². The SMILES string of the molecule is CCCC1NCCN(CC(=O)OC(C)(C)C)C1=O. The van der Waals surface area contributed by atoms with Crippen LogP contribution >= 0.6 is 0 Å². The lowest BCUT2D eigenvalue weighted by molar-refractivity contribution is -0.159. The van der Waals surface area contributed by atoms with Crippen molar-refractivity contribution in [3.05, 3.63) is 0 Å². The first-order chi connectivity index (χ1) is 8.33. The summed E-state index contributed by atoms with van der Waals surface area (Å²) >= 11 is 0. The molecule has 0 radical (unpaired) electrons. The molecule has 0 bridgehead atoms. The number of amides is 1. The second-order valence-corrected chi connectivity index (χ2v) is 5.64. The summed E-state index contributed by atoms with van der Waals surface area (Å²) in [6.07, 6.45) is 1.76. The van der Waals surface area contributed by atoms with Crippen LogP contribution in [-0.2, 0) is 14.3 Å². The Morgan fingerprint density at radius 1 is 1.50 bits per heavy atom. The van der Waals surface area contributed by atoms with Gasteiger partial charge in [-0.25, -0.2) is 0 Å². The summed E-state index contributed by atoms with van der Waals surface area (Å²) in [5.74, 6) is -0.332. The summed E-state index contributed by atoms with van der Waals surface area (Å²) < 4.78 is 5.23. The molecule has 104 valence electrons. The van der Waals surface area contributed by atoms with Crippen molar-refractivity contribution in [2.24, 2.45) is 0 Å². The third kappa shape index (κ3) is 4.64. The van der Waals surface area contributed by atoms with Crippen LogP contribution in [0.3, 0.4) is 0 Å². The van der Waals surface area contributed by atoms with Crippen molar-refractivity contribution in [3.8, 4) is 0 Å². The Morgan fingerprint density at radius 3 is 2.72 bits per heavy atom. The molecule has 0 aromatic heterocycles. The molecule has 1 aliphatic heterocycles. The van der Waals surface area contributed by atoms with Crippen LogP contribution < -0.4 is 5.32 Å². The summed E-state index contributed by atoms with van der Waals surface area (Å²) in [4.78, 5) is 25.4. The van der Waals surface area contributed by atoms with E-state index in [-0.39, 0.29) is 24.5 Å². The minimum atomic E-state index is -0.503. The lowest BCUT2D eigenvalue weighted by Crippen LogP contribution is -2.56. The van der Waals surface area contributed by atoms with Crippen molar-refractivity contribution in [1.82, 2.24) is 10.2 Å². The highest BCUT2D eigenvalue weighted by molar-refractivity contribution is 5.86. The Kier molecular flexibility index (Phi) is 5.14. The number of carbonyl (C=O) groups is 2. The molecule has 1 rings (SSSR count). The zero-order valence-corrected chi connectivity index (χ0v) is 11.8. The first-order valence-corrected chi connectivity index (χ1v) is 6.57. The Labute approximate surface area is 109 Å². The summed E-state index contributed by atoms with van der Waals surface area (Å²) in [7, 11) is 0. The number of piperazine rings is 1. The average Bonchev–Trinajstić information content (AvgIpc) is 2.21. The Hall–Kier alpha value is -1.10. The molecule has 1 N–H and O–H groups in total. The smallest absolute Gasteiger partial charge is 0.326 e. The van der Waals surface area contributed by atoms with E-state index in [1.165, 1.54) is 0 Å². The molecular formula is C13H24N2O3. The van der Waals surface area contributed by atoms with Crippen LogP contribution in [0.25, 0.3) is 0 Å². The zero-order valence-electron chi connectivity index (χ0n) is 11.8. The third-order valence-electron chi connectivity index (χ3n) is 2.70. The van der Waals surface area contributed by atoms with Gasteiger partial charge in [0.1, 0.15) is 12.1 Å². The zero-order chi connectivity index (χ0) is 13.8. The predicted molar refractivity (Wildman–Crippen MR) is 69.1 cm³/mol. The van der Waals surface area contributed by atoms with Crippen molar-refractivity contribution in [2.45, 2.75) is 52.2 Å². The van der Waals surface area contributed by atoms with E-state index in [2.05, 4.69) is 5.32 Å². The predicted octanol–water partition coefficient (Wildman–Crippen LogP) is 0.929. The molecule has 18 heavy (non-hydrogen) atoms. The molecule has 1 unspecified atom stereocenters. The number of nitrogens with one attached hydrogen (secondary N) is 1. The molecule has 1 atom stereocenters. The molecule has 0 saturated carbocycles. The van der Waals surface area contributed by atoms with Gasteiger partial charge in [0.25, 0.3) is 0 Å². The van der Waals surface area contributed by atoms with Crippen molar-refractivity contribution in [1.29, 1.82) is 0 Å². The monoisotopic (exact) mass is 256 g/mol. The highest BCUT2D eigenvalue weighted by atomic mass is 16.6. The van der Waals surface area contributed by atoms with Crippen molar-refractivity contribution in [3.63, 3.8) is 0 Å². The topological polar surface area (TPSA) is 58.6 Å². The fourth-order valence-electron chi connectivity index (χ4n) is 1.99. The van der Waals surface area contributed by atoms with E-state index >= 15 is 0 Å². The molecule has 1 aliphatic rings. The van der Waals surface area contributed by atoms with Crippen molar-refractivity contribution in [2.75, 3.05) is 19.6 Å². The average molecular weight is 256 g/mol. The van der Waals surface area contributed by atoms with Gasteiger partial charge >= 0.3 is 5.97 Å². The Bertz CT molecular complexity index is 308. The van der Waals surface area contributed by atoms with Crippen LogP contribution in [0.4, 0.5) is 0 Å². The number of nitrogens with zero attached hydrogens (tertiary/aromatic N) is 1. The molecule has 0 aromatic carbocycles. The van der Waals surface area contributed by atoms with Gasteiger partial charge in [-0.2, -0.15) is 0 Å². The maximum absolute atomic E-state index is 12.1. The molecule has 0 aliphatic carbocycles. The number of hydrogen-bond acceptors (Lipinski definition) is 4. The van der Waals surface area contributed by atoms with E-state index in [0.29, 0.717) is 6.54 Å². The van der Waals surface area contributed by atoms with E-state index in [0.717, 1.165) is 19.4 Å². The van der Waals surface area contributed by atoms with E-state index < -0.39 is 5.60 Å². The summed E-state index contributed by atoms with van der Waals surface area (Å²) in [5.41, 5.74) is -0.503. The normalized spacial score (nSPS) is 21.0. The summed E-state index contributed by atoms with van der Waals surface area (Å²) in [6, 6.07) is -0.147. The molecule has 1 amide bonds. The first kappa shape index (κ1) is 15.0. The number of esters is 1. The Balaban J connectivity index is 2.51. The van der Waals surface area contributed by atoms with E-state index in [9.17, 15) is 9.59 Å². The Morgan fingerprint density at radius 2 is 2.17 bits per heavy atom. The van der Waals surface area contributed by atoms with Gasteiger partial charge in [-0.15, -0.1) is 0 Å². The van der Waals surface area contributed by atoms with Gasteiger partial charge in [-0.1, -0.05) is 13.3 Å². The van der Waals surface area contributed by atoms with Crippen LogP contribution in [0.1, 0.15) is 40.5 Å². The van der Waals surface area contributed by atoms with Gasteiger partial charge in [0.15, 0.2) is 0 Å². The largest absolute Gasteiger partial charge is 0.459 e. The first-order valence-electron chi connectivity index (χ1n) is 6.57. The lowest BCUT2D eigenvalue weighted by atomic mass is 10.1. The number of hydrogen-bond donors (Lipinski definition) is 1. The highest BCUT2D eigenvalue weighted by Gasteiger charge is 2.29. The van der Waals surface area contributed by atoms with Crippen LogP contribution in [-0.4, -0.2) is 48.1 Å². The van der Waals surface area contributed by atoms with E-state index in [4.69, 9.17) is 4.74 Å². The minimum absolute atomic E-state index is 0.00830. The van der Waals surface area contributed by atoms with Crippen LogP contribution in [0.5, 0.6) is 0 Å². The van der Waals surface area contributed by atoms with E-state index in [1.54, 1.807) is 4.90 Å². The van der Waals surface area contributed by atoms with Gasteiger partial charge in [-0.3, -0.25) is 9.59 Å². The van der Waals surface area contributed by atoms with Crippen LogP contribution in [0, 0.1) is 0 Å². The fraction of sp³-hybridized carbons (Fsp3) is 0.846. The summed E-state index contributed by atoms with van der Waals surface area (Å²) in [5, 5.41) is 3.18. The number of rotatable bonds is 4. The molecule has 1 saturated heterocycles. The standard InChI is InChI=1S/C13H24N2O3/c1-5-6-10-12(17)15(8-7-14-10)9-11(16)18-13(2,3)4/h10,14H,5-9H2,1-4H3. The van der Waals surface area contributed by atoms with Crippen LogP contribution in [0.2, 0.25) is 0 Å². The molecule has 5 heteroatoms. The van der Waals surface area contributed by atoms with Gasteiger partial charge < -0.3 is 15.0 Å². The van der Waals surface area contributed by atoms with Crippen molar-refractivity contribution >= 4 is 11.9 Å². The molecule has 1 fully saturated rings. The maximum Gasteiger partial charge on any atom is 0.326 e. The molecule has 0 spiro atoms. The van der Waals surface area contributed by atoms with Gasteiger partial charge in [0, 0.05) is 13.1 Å². The minimum Gasteiger partial charge on any atom is -0.459 e. The molecule has 0 aromatic rings. The van der Waals surface area contributed by atoms with E-state index in [1.807, 2.05) is 27.7 Å². The quantitative estimate of drug-likeness (QED) is 0.760. The maximum atomic E-state index is 12.1. The summed E-state index contributed by atoms with van der Waals surface area (Å²) in [6.45, 7) is 8.87. The third-order valence-corrected chi connectivity index (χ3v) is 2.70. The second kappa shape index (κ2) is 6.18. The number of ether oxygens (including phenoxy) is 1. The fourth-order valence-corrected chi connectivity index (χ4v) is 1.99. The highest BCUT2D eigenvalue weighted by Crippen LogP contribution is 2.10. The van der Waals surface area contributed by atoms with Gasteiger partial charge in [0.05, 0.1) is 6.04 Å². The second-order valence-electron chi connectivity index (χ2n) is 5.64. The lowest BCUT2D eigenvalue weighted by Gasteiger charge is -2.33. The number of carbonyl (C=O) groups excluding carboxylic acids is 2. The van der Waals surface area contributed by atoms with Crippen molar-refractivity contribution < 1.29 is 14.3 Å². The van der Waals surface area contributed by atoms with Gasteiger partial charge in [0.2, 0.25) is 5.91 Å². The van der Waals surface area contributed by atoms with Gasteiger partial charge in [-0.05, 0) is 27.2 Å². The molecular weight excluding hydrogens is 232 g/mol. The molecule has 1 heterocycles. The molecule has 5 nitrogen and oxygen atoms in total.